The molecule has 0 amide bonds. The average molecular weight is 750 g/mol. The van der Waals surface area contributed by atoms with E-state index in [1.54, 1.807) is 0 Å². The molecule has 0 spiro atoms. The highest BCUT2D eigenvalue weighted by molar-refractivity contribution is 7.79. The van der Waals surface area contributed by atoms with Crippen LogP contribution in [0.25, 0.3) is 22.3 Å². The minimum absolute atomic E-state index is 0.832. The SMILES string of the molecule is c1ccc(-c2cccc(N(c3ccccc3)c3cc(P(c4ccccc4)c4ccccc4)cc(N(c4ccccc4)c4cccc(-c5ccccc5)c4)n3)c2)cc1. The van der Waals surface area contributed by atoms with Crippen LogP contribution >= 0.6 is 7.92 Å². The molecule has 1 aromatic heterocycles. The monoisotopic (exact) mass is 749 g/mol. The molecule has 9 rings (SSSR count). The second-order valence-electron chi connectivity index (χ2n) is 13.7. The van der Waals surface area contributed by atoms with Gasteiger partial charge in [-0.2, -0.15) is 0 Å². The number of hydrogen-bond donors (Lipinski definition) is 0. The molecular formula is C53H40N3P. The molecule has 272 valence electrons. The van der Waals surface area contributed by atoms with Crippen molar-refractivity contribution in [3.05, 3.63) is 243 Å². The van der Waals surface area contributed by atoms with Gasteiger partial charge in [0, 0.05) is 22.7 Å². The fraction of sp³-hybridized carbons (Fsp3) is 0. The highest BCUT2D eigenvalue weighted by Gasteiger charge is 2.25. The summed E-state index contributed by atoms with van der Waals surface area (Å²) < 4.78 is 0. The Morgan fingerprint density at radius 3 is 0.965 bits per heavy atom. The standard InChI is InChI=1S/C53H40N3P/c1-7-21-41(22-8-1)43-25-19-31-47(37-43)55(45-27-11-3-12-28-45)52-39-51(57(49-33-15-5-16-34-49)50-35-17-6-18-36-50)40-53(54-52)56(46-29-13-4-14-30-46)48-32-20-26-44(38-48)42-23-9-2-10-24-42/h1-40H. The van der Waals surface area contributed by atoms with Gasteiger partial charge in [0.15, 0.2) is 0 Å². The van der Waals surface area contributed by atoms with Crippen LogP contribution in [0.2, 0.25) is 0 Å². The maximum Gasteiger partial charge on any atom is 0.140 e. The van der Waals surface area contributed by atoms with E-state index < -0.39 is 7.92 Å². The van der Waals surface area contributed by atoms with Gasteiger partial charge >= 0.3 is 0 Å². The van der Waals surface area contributed by atoms with Gasteiger partial charge in [-0.05, 0) is 107 Å². The molecule has 0 radical (unpaired) electrons. The van der Waals surface area contributed by atoms with E-state index in [0.717, 1.165) is 45.5 Å². The van der Waals surface area contributed by atoms with Crippen LogP contribution in [0.3, 0.4) is 0 Å². The van der Waals surface area contributed by atoms with Crippen molar-refractivity contribution in [3.8, 4) is 22.3 Å². The first-order valence-corrected chi connectivity index (χ1v) is 20.6. The number of anilines is 6. The number of hydrogen-bond acceptors (Lipinski definition) is 3. The summed E-state index contributed by atoms with van der Waals surface area (Å²) in [6, 6.07) is 86.3. The topological polar surface area (TPSA) is 19.4 Å². The highest BCUT2D eigenvalue weighted by Crippen LogP contribution is 2.42. The molecule has 0 aliphatic carbocycles. The number of para-hydroxylation sites is 2. The molecule has 0 saturated heterocycles. The van der Waals surface area contributed by atoms with Crippen LogP contribution in [0.15, 0.2) is 243 Å². The molecule has 0 fully saturated rings. The molecule has 9 aromatic rings. The quantitative estimate of drug-likeness (QED) is 0.123. The third-order valence-corrected chi connectivity index (χ3v) is 12.4. The Labute approximate surface area is 336 Å². The minimum Gasteiger partial charge on any atom is -0.295 e. The van der Waals surface area contributed by atoms with Gasteiger partial charge in [-0.15, -0.1) is 0 Å². The predicted octanol–water partition coefficient (Wildman–Crippen LogP) is 13.1. The molecule has 0 aliphatic heterocycles. The number of rotatable bonds is 11. The lowest BCUT2D eigenvalue weighted by Crippen LogP contribution is -2.24. The zero-order valence-corrected chi connectivity index (χ0v) is 32.3. The lowest BCUT2D eigenvalue weighted by atomic mass is 10.0. The van der Waals surface area contributed by atoms with Crippen molar-refractivity contribution < 1.29 is 0 Å². The summed E-state index contributed by atoms with van der Waals surface area (Å²) in [5.41, 5.74) is 8.73. The number of pyridine rings is 1. The van der Waals surface area contributed by atoms with Crippen molar-refractivity contribution in [2.24, 2.45) is 0 Å². The Morgan fingerprint density at radius 1 is 0.263 bits per heavy atom. The Balaban J connectivity index is 1.32. The molecule has 0 N–H and O–H groups in total. The first kappa shape index (κ1) is 35.6. The Bertz CT molecular complexity index is 2490. The summed E-state index contributed by atoms with van der Waals surface area (Å²) in [5, 5.41) is 3.75. The Kier molecular flexibility index (Phi) is 10.5. The van der Waals surface area contributed by atoms with Crippen LogP contribution in [0.4, 0.5) is 34.4 Å². The summed E-state index contributed by atoms with van der Waals surface area (Å²) in [4.78, 5) is 10.3. The molecule has 0 aliphatic rings. The number of nitrogens with zero attached hydrogens (tertiary/aromatic N) is 3. The van der Waals surface area contributed by atoms with Crippen LogP contribution in [0, 0.1) is 0 Å². The maximum absolute atomic E-state index is 5.68. The van der Waals surface area contributed by atoms with E-state index in [-0.39, 0.29) is 0 Å². The van der Waals surface area contributed by atoms with Crippen molar-refractivity contribution in [2.75, 3.05) is 9.80 Å². The summed E-state index contributed by atoms with van der Waals surface area (Å²) in [7, 11) is -0.982. The predicted molar refractivity (Wildman–Crippen MR) is 243 cm³/mol. The first-order chi connectivity index (χ1) is 28.3. The Morgan fingerprint density at radius 2 is 0.579 bits per heavy atom. The molecule has 1 heterocycles. The average Bonchev–Trinajstić information content (AvgIpc) is 3.29. The Hall–Kier alpha value is -7.06. The second kappa shape index (κ2) is 16.8. The lowest BCUT2D eigenvalue weighted by Gasteiger charge is -2.30. The summed E-state index contributed by atoms with van der Waals surface area (Å²) in [5.74, 6) is 1.66. The van der Waals surface area contributed by atoms with Crippen LogP contribution in [0.5, 0.6) is 0 Å². The lowest BCUT2D eigenvalue weighted by molar-refractivity contribution is 1.14. The van der Waals surface area contributed by atoms with Gasteiger partial charge in [0.2, 0.25) is 0 Å². The molecule has 0 saturated carbocycles. The number of benzene rings is 8. The zero-order valence-electron chi connectivity index (χ0n) is 31.4. The smallest absolute Gasteiger partial charge is 0.140 e. The van der Waals surface area contributed by atoms with E-state index in [2.05, 4.69) is 252 Å². The van der Waals surface area contributed by atoms with Crippen molar-refractivity contribution in [2.45, 2.75) is 0 Å². The van der Waals surface area contributed by atoms with Crippen molar-refractivity contribution in [3.63, 3.8) is 0 Å². The van der Waals surface area contributed by atoms with E-state index in [1.807, 2.05) is 0 Å². The van der Waals surface area contributed by atoms with E-state index in [4.69, 9.17) is 4.98 Å². The third-order valence-electron chi connectivity index (χ3n) is 9.98. The maximum atomic E-state index is 5.68. The summed E-state index contributed by atoms with van der Waals surface area (Å²) in [6.07, 6.45) is 0. The van der Waals surface area contributed by atoms with E-state index >= 15 is 0 Å². The third kappa shape index (κ3) is 7.89. The molecule has 3 nitrogen and oxygen atoms in total. The second-order valence-corrected chi connectivity index (χ2v) is 15.9. The first-order valence-electron chi connectivity index (χ1n) is 19.2. The molecule has 0 bridgehead atoms. The van der Waals surface area contributed by atoms with Crippen molar-refractivity contribution >= 4 is 58.2 Å². The normalized spacial score (nSPS) is 11.0. The minimum atomic E-state index is -0.982. The zero-order chi connectivity index (χ0) is 38.2. The summed E-state index contributed by atoms with van der Waals surface area (Å²) in [6.45, 7) is 0. The highest BCUT2D eigenvalue weighted by atomic mass is 31.1. The molecule has 0 atom stereocenters. The largest absolute Gasteiger partial charge is 0.295 e. The van der Waals surface area contributed by atoms with Crippen molar-refractivity contribution in [1.29, 1.82) is 0 Å². The van der Waals surface area contributed by atoms with Crippen LogP contribution in [-0.4, -0.2) is 4.98 Å². The van der Waals surface area contributed by atoms with Crippen LogP contribution < -0.4 is 25.7 Å². The van der Waals surface area contributed by atoms with Gasteiger partial charge in [0.1, 0.15) is 11.6 Å². The van der Waals surface area contributed by atoms with Gasteiger partial charge in [0.05, 0.1) is 0 Å². The molecule has 8 aromatic carbocycles. The van der Waals surface area contributed by atoms with Gasteiger partial charge < -0.3 is 0 Å². The van der Waals surface area contributed by atoms with E-state index in [1.165, 1.54) is 27.0 Å². The molecule has 57 heavy (non-hydrogen) atoms. The van der Waals surface area contributed by atoms with Gasteiger partial charge in [-0.3, -0.25) is 9.80 Å². The molecule has 0 unspecified atom stereocenters. The fourth-order valence-corrected chi connectivity index (χ4v) is 9.66. The van der Waals surface area contributed by atoms with Crippen molar-refractivity contribution in [1.82, 2.24) is 4.98 Å². The molecule has 4 heteroatoms. The molecular weight excluding hydrogens is 710 g/mol. The van der Waals surface area contributed by atoms with E-state index in [9.17, 15) is 0 Å². The number of aromatic nitrogens is 1. The van der Waals surface area contributed by atoms with Gasteiger partial charge in [0.25, 0.3) is 0 Å². The van der Waals surface area contributed by atoms with E-state index in [0.29, 0.717) is 0 Å². The summed E-state index contributed by atoms with van der Waals surface area (Å²) >= 11 is 0. The van der Waals surface area contributed by atoms with Gasteiger partial charge in [-0.1, -0.05) is 182 Å². The van der Waals surface area contributed by atoms with Gasteiger partial charge in [-0.25, -0.2) is 4.98 Å². The van der Waals surface area contributed by atoms with Crippen LogP contribution in [-0.2, 0) is 0 Å². The fourth-order valence-electron chi connectivity index (χ4n) is 7.34. The van der Waals surface area contributed by atoms with Crippen LogP contribution in [0.1, 0.15) is 0 Å².